The number of amides is 1. The minimum absolute atomic E-state index is 0.0626. The fourth-order valence-corrected chi connectivity index (χ4v) is 4.85. The highest BCUT2D eigenvalue weighted by Crippen LogP contribution is 2.41. The predicted octanol–water partition coefficient (Wildman–Crippen LogP) is 2.82. The minimum atomic E-state index is -0.888. The lowest BCUT2D eigenvalue weighted by molar-refractivity contribution is -0.857. The van der Waals surface area contributed by atoms with Crippen LogP contribution in [0.1, 0.15) is 22.2 Å². The molecule has 0 bridgehead atoms. The number of nitrogens with one attached hydrogen (secondary N) is 1. The van der Waals surface area contributed by atoms with E-state index >= 15 is 0 Å². The maximum atomic E-state index is 14.1. The SMILES string of the molecule is Cc1sc(-c2ccccc2)nc1C(O)=C1C(=O)C(=O)N(CC[NH+](C)C)C1c1cccc(F)c1. The van der Waals surface area contributed by atoms with Crippen molar-refractivity contribution in [3.63, 3.8) is 0 Å². The summed E-state index contributed by atoms with van der Waals surface area (Å²) in [5.41, 5.74) is 1.52. The summed E-state index contributed by atoms with van der Waals surface area (Å²) < 4.78 is 14.1. The van der Waals surface area contributed by atoms with Crippen LogP contribution in [-0.2, 0) is 9.59 Å². The van der Waals surface area contributed by atoms with E-state index in [9.17, 15) is 19.1 Å². The molecule has 1 fully saturated rings. The number of aryl methyl sites for hydroxylation is 1. The van der Waals surface area contributed by atoms with Crippen molar-refractivity contribution >= 4 is 28.8 Å². The summed E-state index contributed by atoms with van der Waals surface area (Å²) >= 11 is 1.39. The molecule has 2 N–H and O–H groups in total. The van der Waals surface area contributed by atoms with Crippen LogP contribution in [-0.4, -0.2) is 53.9 Å². The summed E-state index contributed by atoms with van der Waals surface area (Å²) in [6.07, 6.45) is 0. The van der Waals surface area contributed by atoms with E-state index < -0.39 is 23.5 Å². The van der Waals surface area contributed by atoms with Crippen LogP contribution in [0.4, 0.5) is 4.39 Å². The smallest absolute Gasteiger partial charge is 0.295 e. The third-order valence-corrected chi connectivity index (χ3v) is 6.62. The maximum Gasteiger partial charge on any atom is 0.295 e. The zero-order valence-corrected chi connectivity index (χ0v) is 19.4. The number of rotatable bonds is 6. The molecule has 170 valence electrons. The van der Waals surface area contributed by atoms with Crippen molar-refractivity contribution in [2.45, 2.75) is 13.0 Å². The van der Waals surface area contributed by atoms with E-state index in [-0.39, 0.29) is 23.6 Å². The van der Waals surface area contributed by atoms with Crippen LogP contribution in [0.3, 0.4) is 0 Å². The normalized spacial score (nSPS) is 17.8. The molecule has 4 rings (SSSR count). The monoisotopic (exact) mass is 466 g/mol. The van der Waals surface area contributed by atoms with Gasteiger partial charge < -0.3 is 14.9 Å². The highest BCUT2D eigenvalue weighted by atomic mass is 32.1. The number of aliphatic hydroxyl groups excluding tert-OH is 1. The summed E-state index contributed by atoms with van der Waals surface area (Å²) in [5.74, 6) is -2.31. The third kappa shape index (κ3) is 4.44. The van der Waals surface area contributed by atoms with Crippen molar-refractivity contribution in [2.75, 3.05) is 27.2 Å². The molecule has 1 atom stereocenters. The van der Waals surface area contributed by atoms with Gasteiger partial charge >= 0.3 is 0 Å². The van der Waals surface area contributed by atoms with E-state index in [1.54, 1.807) is 6.07 Å². The van der Waals surface area contributed by atoms with Crippen molar-refractivity contribution in [3.8, 4) is 10.6 Å². The van der Waals surface area contributed by atoms with Crippen LogP contribution in [0.15, 0.2) is 60.2 Å². The second kappa shape index (κ2) is 9.25. The Bertz CT molecular complexity index is 1240. The highest BCUT2D eigenvalue weighted by Gasteiger charge is 2.46. The number of aromatic nitrogens is 1. The standard InChI is InChI=1S/C25H24FN3O3S/c1-15-20(27-24(33-15)16-8-5-4-6-9-16)22(30)19-21(17-10-7-11-18(26)14-17)29(13-12-28(2)3)25(32)23(19)31/h4-11,14,21,30H,12-13H2,1-3H3/p+1. The fraction of sp³-hybridized carbons (Fsp3) is 0.240. The van der Waals surface area contributed by atoms with Gasteiger partial charge in [0, 0.05) is 10.4 Å². The first-order chi connectivity index (χ1) is 15.8. The lowest BCUT2D eigenvalue weighted by atomic mass is 9.96. The van der Waals surface area contributed by atoms with E-state index in [1.165, 1.54) is 34.4 Å². The van der Waals surface area contributed by atoms with Gasteiger partial charge in [-0.3, -0.25) is 9.59 Å². The quantitative estimate of drug-likeness (QED) is 0.333. The van der Waals surface area contributed by atoms with Crippen molar-refractivity contribution < 1.29 is 24.0 Å². The lowest BCUT2D eigenvalue weighted by Crippen LogP contribution is -3.06. The first kappa shape index (κ1) is 22.8. The van der Waals surface area contributed by atoms with E-state index in [1.807, 2.05) is 51.4 Å². The fourth-order valence-electron chi connectivity index (χ4n) is 3.93. The second-order valence-electron chi connectivity index (χ2n) is 8.29. The van der Waals surface area contributed by atoms with E-state index in [0.717, 1.165) is 10.5 Å². The molecule has 1 aromatic heterocycles. The van der Waals surface area contributed by atoms with Crippen molar-refractivity contribution in [1.29, 1.82) is 0 Å². The Morgan fingerprint density at radius 3 is 2.55 bits per heavy atom. The van der Waals surface area contributed by atoms with Crippen LogP contribution in [0.25, 0.3) is 16.3 Å². The number of nitrogens with zero attached hydrogens (tertiary/aromatic N) is 2. The Labute approximate surface area is 195 Å². The van der Waals surface area contributed by atoms with E-state index in [4.69, 9.17) is 0 Å². The van der Waals surface area contributed by atoms with Gasteiger partial charge in [0.05, 0.1) is 38.8 Å². The molecule has 3 aromatic rings. The summed E-state index contributed by atoms with van der Waals surface area (Å²) in [4.78, 5) is 33.9. The number of carbonyl (C=O) groups excluding carboxylic acids is 2. The predicted molar refractivity (Wildman–Crippen MR) is 125 cm³/mol. The molecule has 0 spiro atoms. The second-order valence-corrected chi connectivity index (χ2v) is 9.50. The molecule has 1 unspecified atom stereocenters. The molecule has 0 saturated carbocycles. The maximum absolute atomic E-state index is 14.1. The highest BCUT2D eigenvalue weighted by molar-refractivity contribution is 7.15. The van der Waals surface area contributed by atoms with Gasteiger partial charge in [0.1, 0.15) is 16.5 Å². The molecule has 0 radical (unpaired) electrons. The Morgan fingerprint density at radius 1 is 1.15 bits per heavy atom. The molecule has 1 aliphatic rings. The van der Waals surface area contributed by atoms with Gasteiger partial charge in [-0.1, -0.05) is 42.5 Å². The zero-order valence-electron chi connectivity index (χ0n) is 18.6. The Balaban J connectivity index is 1.85. The third-order valence-electron chi connectivity index (χ3n) is 5.60. The first-order valence-corrected chi connectivity index (χ1v) is 11.5. The molecule has 6 nitrogen and oxygen atoms in total. The van der Waals surface area contributed by atoms with Gasteiger partial charge in [-0.2, -0.15) is 0 Å². The molecule has 2 heterocycles. The van der Waals surface area contributed by atoms with Gasteiger partial charge in [-0.05, 0) is 24.6 Å². The molecular weight excluding hydrogens is 441 g/mol. The number of carbonyl (C=O) groups is 2. The van der Waals surface area contributed by atoms with Gasteiger partial charge in [-0.25, -0.2) is 9.37 Å². The Kier molecular flexibility index (Phi) is 6.40. The number of ketones is 1. The molecule has 2 aromatic carbocycles. The Morgan fingerprint density at radius 2 is 1.88 bits per heavy atom. The molecule has 1 aliphatic heterocycles. The summed E-state index contributed by atoms with van der Waals surface area (Å²) in [6.45, 7) is 2.69. The Hall–Kier alpha value is -3.36. The average Bonchev–Trinajstić information content (AvgIpc) is 3.30. The number of likely N-dealkylation sites (tertiary alicyclic amines) is 1. The molecule has 1 amide bonds. The van der Waals surface area contributed by atoms with Gasteiger partial charge in [0.2, 0.25) is 0 Å². The number of hydrogen-bond donors (Lipinski definition) is 2. The van der Waals surface area contributed by atoms with Crippen LogP contribution >= 0.6 is 11.3 Å². The molecular formula is C25H25FN3O3S+. The topological polar surface area (TPSA) is 74.9 Å². The van der Waals surface area contributed by atoms with Gasteiger partial charge in [0.15, 0.2) is 5.76 Å². The number of likely N-dealkylation sites (N-methyl/N-ethyl adjacent to an activating group) is 1. The van der Waals surface area contributed by atoms with Crippen molar-refractivity contribution in [2.24, 2.45) is 0 Å². The van der Waals surface area contributed by atoms with E-state index in [2.05, 4.69) is 4.98 Å². The van der Waals surface area contributed by atoms with E-state index in [0.29, 0.717) is 22.0 Å². The van der Waals surface area contributed by atoms with Crippen molar-refractivity contribution in [3.05, 3.63) is 82.1 Å². The number of Topliss-reactive ketones (excluding diaryl/α,β-unsaturated/α-hetero) is 1. The van der Waals surface area contributed by atoms with Crippen LogP contribution < -0.4 is 4.90 Å². The number of benzene rings is 2. The molecule has 1 saturated heterocycles. The number of quaternary nitrogens is 1. The van der Waals surface area contributed by atoms with Crippen LogP contribution in [0.2, 0.25) is 0 Å². The summed E-state index contributed by atoms with van der Waals surface area (Å²) in [6, 6.07) is 14.4. The largest absolute Gasteiger partial charge is 0.505 e. The minimum Gasteiger partial charge on any atom is -0.505 e. The average molecular weight is 467 g/mol. The number of aliphatic hydroxyl groups is 1. The van der Waals surface area contributed by atoms with Gasteiger partial charge in [0.25, 0.3) is 11.7 Å². The molecule has 0 aliphatic carbocycles. The first-order valence-electron chi connectivity index (χ1n) is 10.6. The van der Waals surface area contributed by atoms with Crippen LogP contribution in [0.5, 0.6) is 0 Å². The van der Waals surface area contributed by atoms with Gasteiger partial charge in [-0.15, -0.1) is 11.3 Å². The number of halogens is 1. The van der Waals surface area contributed by atoms with Crippen LogP contribution in [0, 0.1) is 12.7 Å². The molecule has 8 heteroatoms. The number of hydrogen-bond acceptors (Lipinski definition) is 5. The zero-order chi connectivity index (χ0) is 23.7. The lowest BCUT2D eigenvalue weighted by Gasteiger charge is -2.25. The number of thiazole rings is 1. The molecule has 33 heavy (non-hydrogen) atoms. The summed E-state index contributed by atoms with van der Waals surface area (Å²) in [5, 5.41) is 12.0. The van der Waals surface area contributed by atoms with Crippen molar-refractivity contribution in [1.82, 2.24) is 9.88 Å². The summed E-state index contributed by atoms with van der Waals surface area (Å²) in [7, 11) is 3.88.